The number of benzene rings is 1. The Balaban J connectivity index is 1.71. The van der Waals surface area contributed by atoms with E-state index in [0.717, 1.165) is 18.1 Å². The van der Waals surface area contributed by atoms with E-state index in [1.165, 1.54) is 4.90 Å². The number of nitrogens with one attached hydrogen (secondary N) is 2. The molecule has 1 aliphatic rings. The first-order valence-electron chi connectivity index (χ1n) is 7.85. The van der Waals surface area contributed by atoms with Crippen LogP contribution in [0.15, 0.2) is 29.5 Å². The normalized spacial score (nSPS) is 16.0. The summed E-state index contributed by atoms with van der Waals surface area (Å²) in [4.78, 5) is 13.5. The maximum atomic E-state index is 12.1. The molecule has 1 amide bonds. The van der Waals surface area contributed by atoms with Crippen molar-refractivity contribution in [2.45, 2.75) is 12.5 Å². The standard InChI is InChI=1S/C16H18ClN5O3S/c1-22(2)16(24)10-4-3-5-11(13(10)23)19-15-14(20-26-21-15)18-8-9-6-7-12(17)25-9/h3-5,7,9,23H,6,8H2,1-2H3,(H,18,20)(H,19,21). The first kappa shape index (κ1) is 18.3. The molecule has 0 bridgehead atoms. The van der Waals surface area contributed by atoms with Gasteiger partial charge in [0.25, 0.3) is 5.91 Å². The number of phenolic OH excluding ortho intramolecular Hbond substituents is 1. The molecule has 0 saturated heterocycles. The summed E-state index contributed by atoms with van der Waals surface area (Å²) in [7, 11) is 3.25. The Labute approximate surface area is 159 Å². The first-order chi connectivity index (χ1) is 12.5. The van der Waals surface area contributed by atoms with Crippen LogP contribution >= 0.6 is 23.3 Å². The fourth-order valence-corrected chi connectivity index (χ4v) is 3.09. The summed E-state index contributed by atoms with van der Waals surface area (Å²) in [5, 5.41) is 17.0. The van der Waals surface area contributed by atoms with Gasteiger partial charge in [0.2, 0.25) is 0 Å². The highest BCUT2D eigenvalue weighted by Crippen LogP contribution is 2.32. The van der Waals surface area contributed by atoms with Crippen LogP contribution in [0.2, 0.25) is 0 Å². The van der Waals surface area contributed by atoms with E-state index >= 15 is 0 Å². The number of anilines is 3. The summed E-state index contributed by atoms with van der Waals surface area (Å²) in [6.07, 6.45) is 2.48. The number of carbonyl (C=O) groups is 1. The number of halogens is 1. The number of rotatable bonds is 6. The molecule has 1 atom stereocenters. The largest absolute Gasteiger partial charge is 0.505 e. The van der Waals surface area contributed by atoms with Crippen molar-refractivity contribution in [3.63, 3.8) is 0 Å². The van der Waals surface area contributed by atoms with Gasteiger partial charge >= 0.3 is 0 Å². The quantitative estimate of drug-likeness (QED) is 0.646. The molecule has 3 N–H and O–H groups in total. The van der Waals surface area contributed by atoms with Crippen molar-refractivity contribution in [2.75, 3.05) is 31.3 Å². The molecule has 2 heterocycles. The highest BCUT2D eigenvalue weighted by atomic mass is 35.5. The minimum absolute atomic E-state index is 0.0634. The summed E-state index contributed by atoms with van der Waals surface area (Å²) >= 11 is 6.83. The molecule has 1 aliphatic heterocycles. The van der Waals surface area contributed by atoms with Gasteiger partial charge in [0.1, 0.15) is 6.10 Å². The third-order valence-corrected chi connectivity index (χ3v) is 4.50. The number of phenols is 1. The fourth-order valence-electron chi connectivity index (χ4n) is 2.39. The number of nitrogens with zero attached hydrogens (tertiary/aromatic N) is 3. The Kier molecular flexibility index (Phi) is 5.48. The van der Waals surface area contributed by atoms with Crippen molar-refractivity contribution in [1.29, 1.82) is 0 Å². The van der Waals surface area contributed by atoms with Gasteiger partial charge in [-0.3, -0.25) is 4.79 Å². The van der Waals surface area contributed by atoms with E-state index in [9.17, 15) is 9.90 Å². The van der Waals surface area contributed by atoms with Gasteiger partial charge < -0.3 is 25.4 Å². The summed E-state index contributed by atoms with van der Waals surface area (Å²) < 4.78 is 13.8. The highest BCUT2D eigenvalue weighted by Gasteiger charge is 2.20. The van der Waals surface area contributed by atoms with Crippen molar-refractivity contribution >= 4 is 46.6 Å². The second-order valence-corrected chi connectivity index (χ2v) is 6.75. The molecule has 1 aromatic carbocycles. The van der Waals surface area contributed by atoms with Crippen molar-refractivity contribution in [2.24, 2.45) is 0 Å². The van der Waals surface area contributed by atoms with Gasteiger partial charge in [-0.2, -0.15) is 8.75 Å². The lowest BCUT2D eigenvalue weighted by molar-refractivity contribution is 0.0824. The van der Waals surface area contributed by atoms with Crippen LogP contribution in [0.3, 0.4) is 0 Å². The molecule has 0 radical (unpaired) electrons. The van der Waals surface area contributed by atoms with Crippen LogP contribution in [-0.2, 0) is 4.74 Å². The summed E-state index contributed by atoms with van der Waals surface area (Å²) in [6.45, 7) is 0.512. The Bertz CT molecular complexity index is 839. The lowest BCUT2D eigenvalue weighted by Crippen LogP contribution is -2.21. The van der Waals surface area contributed by atoms with E-state index in [1.54, 1.807) is 32.3 Å². The van der Waals surface area contributed by atoms with E-state index < -0.39 is 0 Å². The van der Waals surface area contributed by atoms with Crippen LogP contribution in [-0.4, -0.2) is 51.4 Å². The Hall–Kier alpha value is -2.52. The number of ether oxygens (including phenoxy) is 1. The van der Waals surface area contributed by atoms with E-state index in [2.05, 4.69) is 19.4 Å². The molecular weight excluding hydrogens is 378 g/mol. The molecule has 3 rings (SSSR count). The average molecular weight is 396 g/mol. The second-order valence-electron chi connectivity index (χ2n) is 5.85. The third-order valence-electron chi connectivity index (χ3n) is 3.73. The predicted molar refractivity (Wildman–Crippen MR) is 101 cm³/mol. The Morgan fingerprint density at radius 2 is 2.19 bits per heavy atom. The van der Waals surface area contributed by atoms with Crippen molar-refractivity contribution in [3.05, 3.63) is 35.1 Å². The van der Waals surface area contributed by atoms with Gasteiger partial charge in [-0.25, -0.2) is 0 Å². The molecule has 8 nitrogen and oxygen atoms in total. The van der Waals surface area contributed by atoms with E-state index in [1.807, 2.05) is 6.08 Å². The van der Waals surface area contributed by atoms with Crippen LogP contribution in [0.4, 0.5) is 17.3 Å². The topological polar surface area (TPSA) is 99.6 Å². The maximum Gasteiger partial charge on any atom is 0.257 e. The molecule has 138 valence electrons. The zero-order chi connectivity index (χ0) is 18.7. The molecule has 10 heteroatoms. The minimum Gasteiger partial charge on any atom is -0.505 e. The van der Waals surface area contributed by atoms with Crippen molar-refractivity contribution < 1.29 is 14.6 Å². The van der Waals surface area contributed by atoms with E-state index in [4.69, 9.17) is 16.3 Å². The summed E-state index contributed by atoms with van der Waals surface area (Å²) in [6, 6.07) is 4.91. The lowest BCUT2D eigenvalue weighted by atomic mass is 10.1. The number of aromatic nitrogens is 2. The van der Waals surface area contributed by atoms with Gasteiger partial charge in [0.05, 0.1) is 29.5 Å². The smallest absolute Gasteiger partial charge is 0.257 e. The van der Waals surface area contributed by atoms with Crippen LogP contribution in [0.5, 0.6) is 5.75 Å². The SMILES string of the molecule is CN(C)C(=O)c1cccc(Nc2nsnc2NCC2CC=C(Cl)O2)c1O. The summed E-state index contributed by atoms with van der Waals surface area (Å²) in [5.74, 6) is 0.561. The van der Waals surface area contributed by atoms with E-state index in [-0.39, 0.29) is 23.3 Å². The predicted octanol–water partition coefficient (Wildman–Crippen LogP) is 2.97. The lowest BCUT2D eigenvalue weighted by Gasteiger charge is -2.15. The van der Waals surface area contributed by atoms with Gasteiger partial charge in [0.15, 0.2) is 22.6 Å². The molecule has 0 fully saturated rings. The molecule has 1 unspecified atom stereocenters. The van der Waals surface area contributed by atoms with Gasteiger partial charge in [-0.1, -0.05) is 6.07 Å². The number of aromatic hydroxyl groups is 1. The van der Waals surface area contributed by atoms with Gasteiger partial charge in [-0.15, -0.1) is 0 Å². The zero-order valence-corrected chi connectivity index (χ0v) is 15.8. The summed E-state index contributed by atoms with van der Waals surface area (Å²) in [5.41, 5.74) is 0.577. The monoisotopic (exact) mass is 395 g/mol. The van der Waals surface area contributed by atoms with Crippen molar-refractivity contribution in [3.8, 4) is 5.75 Å². The van der Waals surface area contributed by atoms with Gasteiger partial charge in [0, 0.05) is 20.5 Å². The van der Waals surface area contributed by atoms with Crippen LogP contribution in [0.25, 0.3) is 0 Å². The molecule has 0 saturated carbocycles. The fraction of sp³-hybridized carbons (Fsp3) is 0.312. The van der Waals surface area contributed by atoms with Crippen LogP contribution in [0, 0.1) is 0 Å². The van der Waals surface area contributed by atoms with Crippen LogP contribution in [0.1, 0.15) is 16.8 Å². The molecule has 0 aliphatic carbocycles. The molecule has 0 spiro atoms. The van der Waals surface area contributed by atoms with Crippen LogP contribution < -0.4 is 10.6 Å². The number of para-hydroxylation sites is 1. The van der Waals surface area contributed by atoms with Gasteiger partial charge in [-0.05, 0) is 29.8 Å². The Morgan fingerprint density at radius 1 is 1.42 bits per heavy atom. The number of carbonyl (C=O) groups excluding carboxylic acids is 1. The number of amides is 1. The van der Waals surface area contributed by atoms with E-state index in [0.29, 0.717) is 29.1 Å². The second kappa shape index (κ2) is 7.79. The minimum atomic E-state index is -0.288. The number of hydrogen-bond donors (Lipinski definition) is 3. The third kappa shape index (κ3) is 4.00. The molecular formula is C16H18ClN5O3S. The maximum absolute atomic E-state index is 12.1. The average Bonchev–Trinajstić information content (AvgIpc) is 3.23. The first-order valence-corrected chi connectivity index (χ1v) is 8.96. The Morgan fingerprint density at radius 3 is 2.88 bits per heavy atom. The number of hydrogen-bond acceptors (Lipinski definition) is 8. The van der Waals surface area contributed by atoms with Crippen molar-refractivity contribution in [1.82, 2.24) is 13.6 Å². The molecule has 1 aromatic heterocycles. The zero-order valence-electron chi connectivity index (χ0n) is 14.2. The molecule has 2 aromatic rings. The molecule has 26 heavy (non-hydrogen) atoms. The highest BCUT2D eigenvalue weighted by molar-refractivity contribution is 6.99.